The number of nitrogens with one attached hydrogen (secondary N) is 1. The highest BCUT2D eigenvalue weighted by Gasteiger charge is 2.25. The second-order valence-electron chi connectivity index (χ2n) is 8.01. The number of carbonyl (C=O) groups is 1. The summed E-state index contributed by atoms with van der Waals surface area (Å²) in [5, 5.41) is 3.59. The largest absolute Gasteiger partial charge is 0.382 e. The van der Waals surface area contributed by atoms with Crippen molar-refractivity contribution in [3.63, 3.8) is 0 Å². The number of aromatic nitrogens is 4. The van der Waals surface area contributed by atoms with E-state index >= 15 is 0 Å². The van der Waals surface area contributed by atoms with E-state index in [2.05, 4.69) is 62.8 Å². The van der Waals surface area contributed by atoms with Crippen molar-refractivity contribution in [3.05, 3.63) is 33.2 Å². The smallest absolute Gasteiger partial charge is 0.221 e. The maximum atomic E-state index is 14.3. The van der Waals surface area contributed by atoms with Gasteiger partial charge in [-0.2, -0.15) is 0 Å². The van der Waals surface area contributed by atoms with E-state index in [1.165, 1.54) is 18.1 Å². The Balaban J connectivity index is 1.65. The first kappa shape index (κ1) is 22.3. The number of hydrogen-bond acceptors (Lipinski definition) is 6. The zero-order chi connectivity index (χ0) is 22.1. The van der Waals surface area contributed by atoms with Gasteiger partial charge in [0.25, 0.3) is 0 Å². The minimum atomic E-state index is -0.920. The maximum Gasteiger partial charge on any atom is 0.221 e. The Morgan fingerprint density at radius 2 is 2.23 bits per heavy atom. The molecule has 0 fully saturated rings. The SMILES string of the molecule is CC(C)CNC(=O)CCn1c(Sc2cc3c(cc2I)CCC3F)nc2c(N)ncnc21. The summed E-state index contributed by atoms with van der Waals surface area (Å²) in [6.07, 6.45) is 2.08. The Bertz CT molecular complexity index is 1130. The molecule has 2 aromatic heterocycles. The number of alkyl halides is 1. The van der Waals surface area contributed by atoms with E-state index in [9.17, 15) is 9.18 Å². The van der Waals surface area contributed by atoms with E-state index in [4.69, 9.17) is 5.73 Å². The van der Waals surface area contributed by atoms with Gasteiger partial charge < -0.3 is 15.6 Å². The number of amides is 1. The second-order valence-corrected chi connectivity index (χ2v) is 10.2. The lowest BCUT2D eigenvalue weighted by atomic mass is 10.1. The molecule has 1 aromatic carbocycles. The Kier molecular flexibility index (Phi) is 6.65. The van der Waals surface area contributed by atoms with Crippen molar-refractivity contribution in [1.82, 2.24) is 24.8 Å². The topological polar surface area (TPSA) is 98.7 Å². The molecule has 2 heterocycles. The third-order valence-electron chi connectivity index (χ3n) is 5.19. The van der Waals surface area contributed by atoms with E-state index in [1.807, 2.05) is 10.6 Å². The number of nitrogen functional groups attached to an aromatic ring is 1. The number of imidazole rings is 1. The molecule has 0 spiro atoms. The average molecular weight is 554 g/mol. The lowest BCUT2D eigenvalue weighted by Crippen LogP contribution is -2.28. The fourth-order valence-corrected chi connectivity index (χ4v) is 5.39. The van der Waals surface area contributed by atoms with Crippen LogP contribution < -0.4 is 11.1 Å². The van der Waals surface area contributed by atoms with Crippen molar-refractivity contribution in [1.29, 1.82) is 0 Å². The van der Waals surface area contributed by atoms with E-state index in [1.54, 1.807) is 0 Å². The van der Waals surface area contributed by atoms with Crippen molar-refractivity contribution in [2.24, 2.45) is 5.92 Å². The molecule has 1 atom stereocenters. The van der Waals surface area contributed by atoms with Gasteiger partial charge in [0.2, 0.25) is 5.91 Å². The molecule has 7 nitrogen and oxygen atoms in total. The quantitative estimate of drug-likeness (QED) is 0.423. The number of carbonyl (C=O) groups excluding carboxylic acids is 1. The van der Waals surface area contributed by atoms with E-state index in [-0.39, 0.29) is 5.91 Å². The molecule has 0 bridgehead atoms. The molecule has 1 amide bonds. The summed E-state index contributed by atoms with van der Waals surface area (Å²) in [4.78, 5) is 26.3. The van der Waals surface area contributed by atoms with Gasteiger partial charge in [0.15, 0.2) is 22.1 Å². The maximum absolute atomic E-state index is 14.3. The first-order valence-electron chi connectivity index (χ1n) is 10.2. The number of hydrogen-bond donors (Lipinski definition) is 2. The zero-order valence-electron chi connectivity index (χ0n) is 17.4. The molecule has 164 valence electrons. The highest BCUT2D eigenvalue weighted by atomic mass is 127. The second kappa shape index (κ2) is 9.27. The van der Waals surface area contributed by atoms with Crippen LogP contribution in [0.15, 0.2) is 28.5 Å². The summed E-state index contributed by atoms with van der Waals surface area (Å²) in [6.45, 7) is 5.15. The Labute approximate surface area is 197 Å². The summed E-state index contributed by atoms with van der Waals surface area (Å²) in [6, 6.07) is 3.98. The minimum Gasteiger partial charge on any atom is -0.382 e. The van der Waals surface area contributed by atoms with Crippen LogP contribution >= 0.6 is 34.4 Å². The van der Waals surface area contributed by atoms with Crippen LogP contribution in [0.4, 0.5) is 10.2 Å². The molecule has 1 unspecified atom stereocenters. The average Bonchev–Trinajstić information content (AvgIpc) is 3.26. The zero-order valence-corrected chi connectivity index (χ0v) is 20.3. The lowest BCUT2D eigenvalue weighted by molar-refractivity contribution is -0.121. The predicted octanol–water partition coefficient (Wildman–Crippen LogP) is 4.28. The number of nitrogens with zero attached hydrogens (tertiary/aromatic N) is 4. The Morgan fingerprint density at radius 1 is 1.42 bits per heavy atom. The highest BCUT2D eigenvalue weighted by molar-refractivity contribution is 14.1. The predicted molar refractivity (Wildman–Crippen MR) is 128 cm³/mol. The number of rotatable bonds is 7. The summed E-state index contributed by atoms with van der Waals surface area (Å²) in [5.74, 6) is 0.654. The van der Waals surface area contributed by atoms with Gasteiger partial charge in [-0.25, -0.2) is 19.3 Å². The van der Waals surface area contributed by atoms with Crippen LogP contribution in [0.5, 0.6) is 0 Å². The number of halogens is 2. The van der Waals surface area contributed by atoms with Gasteiger partial charge >= 0.3 is 0 Å². The van der Waals surface area contributed by atoms with Gasteiger partial charge in [-0.3, -0.25) is 4.79 Å². The van der Waals surface area contributed by atoms with Crippen molar-refractivity contribution >= 4 is 57.2 Å². The molecule has 31 heavy (non-hydrogen) atoms. The monoisotopic (exact) mass is 554 g/mol. The van der Waals surface area contributed by atoms with Gasteiger partial charge in [-0.15, -0.1) is 0 Å². The third-order valence-corrected chi connectivity index (χ3v) is 7.51. The number of aryl methyl sites for hydroxylation is 2. The van der Waals surface area contributed by atoms with Crippen LogP contribution in [-0.2, 0) is 17.8 Å². The molecule has 4 rings (SSSR count). The fraction of sp³-hybridized carbons (Fsp3) is 0.429. The third kappa shape index (κ3) is 4.79. The molecule has 10 heteroatoms. The summed E-state index contributed by atoms with van der Waals surface area (Å²) >= 11 is 3.71. The molecular formula is C21H24FIN6OS. The van der Waals surface area contributed by atoms with Crippen LogP contribution in [0.1, 0.15) is 44.0 Å². The van der Waals surface area contributed by atoms with Crippen LogP contribution in [0.2, 0.25) is 0 Å². The number of anilines is 1. The molecule has 0 radical (unpaired) electrons. The Morgan fingerprint density at radius 3 is 3.00 bits per heavy atom. The van der Waals surface area contributed by atoms with Gasteiger partial charge in [-0.05, 0) is 64.6 Å². The van der Waals surface area contributed by atoms with Crippen molar-refractivity contribution < 1.29 is 9.18 Å². The fourth-order valence-electron chi connectivity index (χ4n) is 3.57. The summed E-state index contributed by atoms with van der Waals surface area (Å²) in [7, 11) is 0. The van der Waals surface area contributed by atoms with Gasteiger partial charge in [-0.1, -0.05) is 25.6 Å². The molecule has 3 N–H and O–H groups in total. The van der Waals surface area contributed by atoms with Gasteiger partial charge in [0, 0.05) is 28.0 Å². The molecule has 1 aliphatic carbocycles. The number of benzene rings is 1. The Hall–Kier alpha value is -1.95. The van der Waals surface area contributed by atoms with E-state index in [0.717, 1.165) is 26.0 Å². The van der Waals surface area contributed by atoms with E-state index in [0.29, 0.717) is 54.0 Å². The molecule has 3 aromatic rings. The van der Waals surface area contributed by atoms with Crippen molar-refractivity contribution in [2.45, 2.75) is 55.9 Å². The first-order chi connectivity index (χ1) is 14.8. The van der Waals surface area contributed by atoms with Crippen LogP contribution in [0, 0.1) is 9.49 Å². The van der Waals surface area contributed by atoms with Crippen LogP contribution in [0.25, 0.3) is 11.2 Å². The molecule has 0 saturated heterocycles. The van der Waals surface area contributed by atoms with Crippen LogP contribution in [0.3, 0.4) is 0 Å². The standard InChI is InChI=1S/C21H24FIN6OS/c1-11(2)9-25-17(30)5-6-29-20-18(19(24)26-10-27-20)28-21(29)31-16-8-13-12(7-15(16)23)3-4-14(13)22/h7-8,10-11,14H,3-6,9H2,1-2H3,(H,25,30)(H2,24,26,27). The normalized spacial score (nSPS) is 15.6. The molecule has 0 saturated carbocycles. The molecular weight excluding hydrogens is 530 g/mol. The molecule has 0 aliphatic heterocycles. The van der Waals surface area contributed by atoms with Crippen LogP contribution in [-0.4, -0.2) is 32.0 Å². The van der Waals surface area contributed by atoms with Crippen molar-refractivity contribution in [3.8, 4) is 0 Å². The van der Waals surface area contributed by atoms with Gasteiger partial charge in [0.1, 0.15) is 12.5 Å². The summed E-state index contributed by atoms with van der Waals surface area (Å²) < 4.78 is 17.2. The first-order valence-corrected chi connectivity index (χ1v) is 12.1. The summed E-state index contributed by atoms with van der Waals surface area (Å²) in [5.41, 5.74) is 8.96. The highest BCUT2D eigenvalue weighted by Crippen LogP contribution is 2.41. The lowest BCUT2D eigenvalue weighted by Gasteiger charge is -2.12. The molecule has 1 aliphatic rings. The number of fused-ring (bicyclic) bond motifs is 2. The minimum absolute atomic E-state index is 0.0269. The van der Waals surface area contributed by atoms with Crippen molar-refractivity contribution in [2.75, 3.05) is 12.3 Å². The van der Waals surface area contributed by atoms with E-state index < -0.39 is 6.17 Å². The van der Waals surface area contributed by atoms with Gasteiger partial charge in [0.05, 0.1) is 0 Å². The number of nitrogens with two attached hydrogens (primary N) is 1.